The van der Waals surface area contributed by atoms with Crippen molar-refractivity contribution in [3.8, 4) is 0 Å². The zero-order chi connectivity index (χ0) is 15.6. The number of hydrogen-bond donors (Lipinski definition) is 1. The quantitative estimate of drug-likeness (QED) is 0.940. The molecule has 3 heterocycles. The molecule has 0 aliphatic carbocycles. The van der Waals surface area contributed by atoms with Gasteiger partial charge in [0, 0.05) is 18.2 Å². The molecule has 1 aromatic carbocycles. The number of fused-ring (bicyclic) bond motifs is 2. The van der Waals surface area contributed by atoms with Crippen molar-refractivity contribution in [2.75, 3.05) is 19.6 Å². The van der Waals surface area contributed by atoms with Crippen LogP contribution in [0.5, 0.6) is 0 Å². The van der Waals surface area contributed by atoms with E-state index in [4.69, 9.17) is 0 Å². The minimum absolute atomic E-state index is 0.0350. The average Bonchev–Trinajstić information content (AvgIpc) is 3.07. The van der Waals surface area contributed by atoms with Crippen LogP contribution in [0.3, 0.4) is 0 Å². The standard InChI is InChI=1S/C18H23N3OS/c22-18(13-6-7-17-15(10-13)20-12-23-17)19-11-14-4-3-9-21-8-2-1-5-16(14)21/h6-7,10,12,14,16H,1-5,8-9,11H2,(H,19,22)/t14-,16+/m0/s1. The van der Waals surface area contributed by atoms with Crippen LogP contribution in [-0.2, 0) is 0 Å². The second-order valence-electron chi connectivity index (χ2n) is 6.75. The number of aromatic nitrogens is 1. The molecule has 4 nitrogen and oxygen atoms in total. The summed E-state index contributed by atoms with van der Waals surface area (Å²) in [6.45, 7) is 3.29. The number of carbonyl (C=O) groups excluding carboxylic acids is 1. The first-order chi connectivity index (χ1) is 11.3. The molecule has 0 unspecified atom stereocenters. The van der Waals surface area contributed by atoms with Gasteiger partial charge in [0.25, 0.3) is 5.91 Å². The Morgan fingerprint density at radius 3 is 3.13 bits per heavy atom. The highest BCUT2D eigenvalue weighted by molar-refractivity contribution is 7.16. The number of rotatable bonds is 3. The van der Waals surface area contributed by atoms with Gasteiger partial charge in [0.05, 0.1) is 15.7 Å². The molecule has 0 spiro atoms. The summed E-state index contributed by atoms with van der Waals surface area (Å²) in [5.74, 6) is 0.642. The first kappa shape index (κ1) is 15.1. The highest BCUT2D eigenvalue weighted by atomic mass is 32.1. The summed E-state index contributed by atoms with van der Waals surface area (Å²) >= 11 is 1.61. The van der Waals surface area contributed by atoms with Crippen molar-refractivity contribution in [3.05, 3.63) is 29.3 Å². The average molecular weight is 329 g/mol. The number of hydrogen-bond acceptors (Lipinski definition) is 4. The van der Waals surface area contributed by atoms with Crippen molar-refractivity contribution in [3.63, 3.8) is 0 Å². The van der Waals surface area contributed by atoms with E-state index >= 15 is 0 Å². The van der Waals surface area contributed by atoms with Crippen LogP contribution in [0.4, 0.5) is 0 Å². The van der Waals surface area contributed by atoms with Crippen LogP contribution in [0, 0.1) is 5.92 Å². The Kier molecular flexibility index (Phi) is 4.31. The third kappa shape index (κ3) is 3.12. The predicted molar refractivity (Wildman–Crippen MR) is 93.9 cm³/mol. The Labute approximate surface area is 140 Å². The summed E-state index contributed by atoms with van der Waals surface area (Å²) in [5.41, 5.74) is 3.46. The maximum absolute atomic E-state index is 12.5. The molecule has 2 aliphatic heterocycles. The monoisotopic (exact) mass is 329 g/mol. The molecule has 1 aromatic heterocycles. The van der Waals surface area contributed by atoms with Gasteiger partial charge < -0.3 is 10.2 Å². The summed E-state index contributed by atoms with van der Waals surface area (Å²) in [6.07, 6.45) is 6.48. The third-order valence-electron chi connectivity index (χ3n) is 5.35. The summed E-state index contributed by atoms with van der Waals surface area (Å²) in [7, 11) is 0. The van der Waals surface area contributed by atoms with Gasteiger partial charge in [0.15, 0.2) is 0 Å². The molecule has 4 rings (SSSR count). The molecule has 1 amide bonds. The first-order valence-electron chi connectivity index (χ1n) is 8.67. The number of benzene rings is 1. The molecule has 0 bridgehead atoms. The zero-order valence-corrected chi connectivity index (χ0v) is 14.1. The number of nitrogens with zero attached hydrogens (tertiary/aromatic N) is 2. The van der Waals surface area contributed by atoms with E-state index in [0.717, 1.165) is 22.3 Å². The maximum atomic E-state index is 12.5. The molecule has 2 saturated heterocycles. The van der Waals surface area contributed by atoms with Crippen molar-refractivity contribution in [1.29, 1.82) is 0 Å². The lowest BCUT2D eigenvalue weighted by atomic mass is 9.83. The van der Waals surface area contributed by atoms with Crippen molar-refractivity contribution in [1.82, 2.24) is 15.2 Å². The number of nitrogens with one attached hydrogen (secondary N) is 1. The molecular formula is C18H23N3OS. The van der Waals surface area contributed by atoms with Crippen LogP contribution in [0.25, 0.3) is 10.2 Å². The Hall–Kier alpha value is -1.46. The fourth-order valence-electron chi connectivity index (χ4n) is 4.14. The lowest BCUT2D eigenvalue weighted by Crippen LogP contribution is -2.51. The fourth-order valence-corrected chi connectivity index (χ4v) is 4.80. The van der Waals surface area contributed by atoms with E-state index in [1.165, 1.54) is 45.2 Å². The molecule has 5 heteroatoms. The Morgan fingerprint density at radius 2 is 2.17 bits per heavy atom. The van der Waals surface area contributed by atoms with E-state index in [9.17, 15) is 4.79 Å². The fraction of sp³-hybridized carbons (Fsp3) is 0.556. The lowest BCUT2D eigenvalue weighted by molar-refractivity contribution is 0.0575. The van der Waals surface area contributed by atoms with Gasteiger partial charge in [-0.1, -0.05) is 6.42 Å². The van der Waals surface area contributed by atoms with Gasteiger partial charge >= 0.3 is 0 Å². The Balaban J connectivity index is 1.40. The van der Waals surface area contributed by atoms with E-state index in [2.05, 4.69) is 15.2 Å². The lowest BCUT2D eigenvalue weighted by Gasteiger charge is -2.44. The van der Waals surface area contributed by atoms with E-state index < -0.39 is 0 Å². The van der Waals surface area contributed by atoms with Gasteiger partial charge in [0.2, 0.25) is 0 Å². The van der Waals surface area contributed by atoms with Gasteiger partial charge in [-0.3, -0.25) is 4.79 Å². The Morgan fingerprint density at radius 1 is 1.26 bits per heavy atom. The molecule has 2 fully saturated rings. The van der Waals surface area contributed by atoms with E-state index in [1.807, 2.05) is 23.7 Å². The van der Waals surface area contributed by atoms with Crippen LogP contribution < -0.4 is 5.32 Å². The van der Waals surface area contributed by atoms with Crippen molar-refractivity contribution in [2.24, 2.45) is 5.92 Å². The third-order valence-corrected chi connectivity index (χ3v) is 6.16. The molecular weight excluding hydrogens is 306 g/mol. The molecule has 1 N–H and O–H groups in total. The van der Waals surface area contributed by atoms with Crippen molar-refractivity contribution < 1.29 is 4.79 Å². The normalized spacial score (nSPS) is 25.2. The van der Waals surface area contributed by atoms with Gasteiger partial charge in [0.1, 0.15) is 0 Å². The predicted octanol–water partition coefficient (Wildman–Crippen LogP) is 3.29. The van der Waals surface area contributed by atoms with Gasteiger partial charge in [-0.05, 0) is 62.9 Å². The van der Waals surface area contributed by atoms with Gasteiger partial charge in [-0.15, -0.1) is 11.3 Å². The van der Waals surface area contributed by atoms with Crippen LogP contribution >= 0.6 is 11.3 Å². The molecule has 0 radical (unpaired) electrons. The Bertz CT molecular complexity index is 696. The molecule has 2 atom stereocenters. The van der Waals surface area contributed by atoms with Crippen molar-refractivity contribution in [2.45, 2.75) is 38.1 Å². The minimum Gasteiger partial charge on any atom is -0.352 e. The van der Waals surface area contributed by atoms with E-state index in [-0.39, 0.29) is 5.91 Å². The largest absolute Gasteiger partial charge is 0.352 e. The van der Waals surface area contributed by atoms with Gasteiger partial charge in [-0.2, -0.15) is 0 Å². The summed E-state index contributed by atoms with van der Waals surface area (Å²) in [5, 5.41) is 3.17. The number of thiazole rings is 1. The smallest absolute Gasteiger partial charge is 0.251 e. The molecule has 0 saturated carbocycles. The first-order valence-corrected chi connectivity index (χ1v) is 9.55. The maximum Gasteiger partial charge on any atom is 0.251 e. The number of amides is 1. The highest BCUT2D eigenvalue weighted by Gasteiger charge is 2.32. The van der Waals surface area contributed by atoms with E-state index in [1.54, 1.807) is 11.3 Å². The minimum atomic E-state index is 0.0350. The molecule has 2 aromatic rings. The summed E-state index contributed by atoms with van der Waals surface area (Å²) in [4.78, 5) is 19.4. The van der Waals surface area contributed by atoms with E-state index in [0.29, 0.717) is 12.0 Å². The zero-order valence-electron chi connectivity index (χ0n) is 13.3. The van der Waals surface area contributed by atoms with Gasteiger partial charge in [-0.25, -0.2) is 4.98 Å². The highest BCUT2D eigenvalue weighted by Crippen LogP contribution is 2.30. The van der Waals surface area contributed by atoms with Crippen LogP contribution in [0.2, 0.25) is 0 Å². The summed E-state index contributed by atoms with van der Waals surface area (Å²) in [6, 6.07) is 6.48. The van der Waals surface area contributed by atoms with Crippen LogP contribution in [-0.4, -0.2) is 41.5 Å². The summed E-state index contributed by atoms with van der Waals surface area (Å²) < 4.78 is 1.13. The number of carbonyl (C=O) groups is 1. The molecule has 2 aliphatic rings. The number of piperidine rings is 2. The molecule has 122 valence electrons. The topological polar surface area (TPSA) is 45.2 Å². The van der Waals surface area contributed by atoms with Crippen molar-refractivity contribution >= 4 is 27.5 Å². The second-order valence-corrected chi connectivity index (χ2v) is 7.63. The van der Waals surface area contributed by atoms with Crippen LogP contribution in [0.15, 0.2) is 23.7 Å². The molecule has 23 heavy (non-hydrogen) atoms. The second kappa shape index (κ2) is 6.57. The SMILES string of the molecule is O=C(NC[C@@H]1CCCN2CCCC[C@H]12)c1ccc2scnc2c1. The van der Waals surface area contributed by atoms with Crippen LogP contribution in [0.1, 0.15) is 42.5 Å².